The van der Waals surface area contributed by atoms with Crippen LogP contribution < -0.4 is 15.1 Å². The standard InChI is InChI=1S/C41H53BrN4O7/c1-7-12-18-32(48)43-26(6)35(27-16-14-13-15-17-27)52-40(51)33-34-38(49)46(28(9-3)25-47)37(41(34)24-31(42)36(33)53-41)39(50)45(23-8-2)30-21-19-29(20-22-30)44(10-4)11-5/h7-8,13-17,19-22,26,28,31,33-37,47H,1-2,9-12,18,23-25H2,3-6H3,(H,43,48)/t26-,28+,31?,33-,34+,35-,36-,37-,41+/m1/s1. The van der Waals surface area contributed by atoms with Crippen LogP contribution in [0.25, 0.3) is 0 Å². The zero-order valence-electron chi connectivity index (χ0n) is 31.2. The molecule has 53 heavy (non-hydrogen) atoms. The summed E-state index contributed by atoms with van der Waals surface area (Å²) in [5, 5.41) is 13.5. The Morgan fingerprint density at radius 1 is 1.08 bits per heavy atom. The highest BCUT2D eigenvalue weighted by Gasteiger charge is 2.77. The molecule has 0 saturated carbocycles. The number of benzene rings is 2. The largest absolute Gasteiger partial charge is 0.455 e. The second-order valence-corrected chi connectivity index (χ2v) is 15.2. The van der Waals surface area contributed by atoms with Crippen LogP contribution in [-0.2, 0) is 28.7 Å². The number of carbonyl (C=O) groups is 4. The van der Waals surface area contributed by atoms with Gasteiger partial charge in [0.25, 0.3) is 5.91 Å². The van der Waals surface area contributed by atoms with E-state index in [1.54, 1.807) is 24.0 Å². The minimum Gasteiger partial charge on any atom is -0.455 e. The Hall–Kier alpha value is -4.00. The van der Waals surface area contributed by atoms with Crippen molar-refractivity contribution >= 4 is 51.0 Å². The van der Waals surface area contributed by atoms with Gasteiger partial charge < -0.3 is 34.6 Å². The molecule has 3 saturated heterocycles. The summed E-state index contributed by atoms with van der Waals surface area (Å²) >= 11 is 3.74. The number of alkyl halides is 1. The van der Waals surface area contributed by atoms with Gasteiger partial charge in [-0.25, -0.2) is 0 Å². The summed E-state index contributed by atoms with van der Waals surface area (Å²) in [4.78, 5) is 61.9. The molecule has 9 atom stereocenters. The van der Waals surface area contributed by atoms with Crippen LogP contribution in [0.1, 0.15) is 65.0 Å². The molecule has 1 spiro atoms. The van der Waals surface area contributed by atoms with Crippen LogP contribution in [-0.4, -0.2) is 94.6 Å². The Morgan fingerprint density at radius 3 is 2.32 bits per heavy atom. The van der Waals surface area contributed by atoms with Crippen molar-refractivity contribution in [3.05, 3.63) is 85.5 Å². The van der Waals surface area contributed by atoms with Crippen molar-refractivity contribution in [2.75, 3.05) is 36.0 Å². The van der Waals surface area contributed by atoms with Crippen molar-refractivity contribution in [1.82, 2.24) is 10.2 Å². The number of nitrogens with one attached hydrogen (secondary N) is 1. The van der Waals surface area contributed by atoms with Gasteiger partial charge in [-0.2, -0.15) is 0 Å². The molecule has 3 fully saturated rings. The Kier molecular flexibility index (Phi) is 13.2. The number of ether oxygens (including phenoxy) is 2. The number of rotatable bonds is 18. The summed E-state index contributed by atoms with van der Waals surface area (Å²) in [6.07, 6.45) is 3.11. The quantitative estimate of drug-likeness (QED) is 0.118. The first-order chi connectivity index (χ1) is 25.5. The molecule has 2 bridgehead atoms. The minimum absolute atomic E-state index is 0.167. The summed E-state index contributed by atoms with van der Waals surface area (Å²) in [5.74, 6) is -3.75. The molecule has 286 valence electrons. The van der Waals surface area contributed by atoms with Crippen LogP contribution in [0.2, 0.25) is 0 Å². The number of allylic oxidation sites excluding steroid dienone is 1. The van der Waals surface area contributed by atoms with E-state index in [1.807, 2.05) is 61.5 Å². The molecule has 3 aliphatic heterocycles. The van der Waals surface area contributed by atoms with E-state index in [1.165, 1.54) is 4.90 Å². The van der Waals surface area contributed by atoms with Crippen molar-refractivity contribution in [1.29, 1.82) is 0 Å². The Bertz CT molecular complexity index is 1630. The lowest BCUT2D eigenvalue weighted by atomic mass is 9.70. The number of halogens is 1. The molecule has 0 radical (unpaired) electrons. The summed E-state index contributed by atoms with van der Waals surface area (Å²) in [6, 6.07) is 14.4. The lowest BCUT2D eigenvalue weighted by Crippen LogP contribution is -2.59. The molecule has 3 heterocycles. The van der Waals surface area contributed by atoms with Gasteiger partial charge in [0.1, 0.15) is 17.7 Å². The molecular weight excluding hydrogens is 740 g/mol. The lowest BCUT2D eigenvalue weighted by Gasteiger charge is -2.39. The maximum Gasteiger partial charge on any atom is 0.313 e. The molecule has 2 aromatic rings. The first-order valence-electron chi connectivity index (χ1n) is 18.7. The number of amides is 3. The maximum absolute atomic E-state index is 15.0. The number of anilines is 2. The van der Waals surface area contributed by atoms with E-state index in [9.17, 15) is 19.5 Å². The maximum atomic E-state index is 15.0. The third kappa shape index (κ3) is 7.68. The van der Waals surface area contributed by atoms with Crippen LogP contribution in [0.5, 0.6) is 0 Å². The number of hydrogen-bond donors (Lipinski definition) is 2. The van der Waals surface area contributed by atoms with Crippen LogP contribution in [0.3, 0.4) is 0 Å². The van der Waals surface area contributed by atoms with E-state index in [-0.39, 0.29) is 36.2 Å². The third-order valence-corrected chi connectivity index (χ3v) is 11.8. The van der Waals surface area contributed by atoms with E-state index >= 15 is 4.79 Å². The summed E-state index contributed by atoms with van der Waals surface area (Å²) in [7, 11) is 0. The van der Waals surface area contributed by atoms with Crippen molar-refractivity contribution in [3.8, 4) is 0 Å². The second-order valence-electron chi connectivity index (χ2n) is 14.0. The van der Waals surface area contributed by atoms with Crippen LogP contribution in [0.15, 0.2) is 79.9 Å². The topological polar surface area (TPSA) is 129 Å². The molecule has 11 nitrogen and oxygen atoms in total. The molecule has 2 aromatic carbocycles. The Morgan fingerprint density at radius 2 is 1.74 bits per heavy atom. The third-order valence-electron chi connectivity index (χ3n) is 11.0. The fraction of sp³-hybridized carbons (Fsp3) is 0.512. The molecule has 2 N–H and O–H groups in total. The number of fused-ring (bicyclic) bond motifs is 1. The zero-order valence-corrected chi connectivity index (χ0v) is 32.7. The van der Waals surface area contributed by atoms with Gasteiger partial charge in [-0.3, -0.25) is 19.2 Å². The van der Waals surface area contributed by atoms with Gasteiger partial charge in [0.15, 0.2) is 0 Å². The zero-order chi connectivity index (χ0) is 38.4. The predicted molar refractivity (Wildman–Crippen MR) is 209 cm³/mol. The van der Waals surface area contributed by atoms with Gasteiger partial charge in [0.2, 0.25) is 11.8 Å². The van der Waals surface area contributed by atoms with Gasteiger partial charge in [-0.1, -0.05) is 65.3 Å². The number of aliphatic hydroxyl groups excluding tert-OH is 1. The van der Waals surface area contributed by atoms with E-state index < -0.39 is 59.6 Å². The molecule has 3 amide bonds. The van der Waals surface area contributed by atoms with Gasteiger partial charge in [0, 0.05) is 42.3 Å². The highest BCUT2D eigenvalue weighted by molar-refractivity contribution is 9.09. The molecular formula is C41H53BrN4O7. The summed E-state index contributed by atoms with van der Waals surface area (Å²) in [5.41, 5.74) is 0.960. The molecule has 1 unspecified atom stereocenters. The average molecular weight is 794 g/mol. The summed E-state index contributed by atoms with van der Waals surface area (Å²) in [6.45, 7) is 16.9. The first kappa shape index (κ1) is 40.2. The number of hydrogen-bond acceptors (Lipinski definition) is 8. The number of likely N-dealkylation sites (tertiary alicyclic amines) is 1. The number of carbonyl (C=O) groups excluding carboxylic acids is 4. The van der Waals surface area contributed by atoms with E-state index in [0.29, 0.717) is 30.5 Å². The number of esters is 1. The SMILES string of the molecule is C=CCCC(=O)N[C@H](C)[C@@H](OC(=O)[C@H]1[C@@H]2O[C@@]3(CC2Br)[C@@H]1C(=O)N([C@@H](CC)CO)[C@@H]3C(=O)N(CC=C)c1ccc(N(CC)CC)cc1)c1ccccc1. The van der Waals surface area contributed by atoms with Crippen molar-refractivity contribution in [2.45, 2.75) is 94.1 Å². The Balaban J connectivity index is 1.52. The monoisotopic (exact) mass is 792 g/mol. The Labute approximate surface area is 321 Å². The minimum atomic E-state index is -1.37. The smallest absolute Gasteiger partial charge is 0.313 e. The molecule has 5 rings (SSSR count). The van der Waals surface area contributed by atoms with Gasteiger partial charge in [-0.15, -0.1) is 13.2 Å². The van der Waals surface area contributed by atoms with Crippen LogP contribution >= 0.6 is 15.9 Å². The highest BCUT2D eigenvalue weighted by atomic mass is 79.9. The van der Waals surface area contributed by atoms with Crippen LogP contribution in [0, 0.1) is 11.8 Å². The molecule has 0 aliphatic carbocycles. The highest BCUT2D eigenvalue weighted by Crippen LogP contribution is 2.61. The van der Waals surface area contributed by atoms with Crippen LogP contribution in [0.4, 0.5) is 11.4 Å². The number of aliphatic hydroxyl groups is 1. The number of nitrogens with zero attached hydrogens (tertiary/aromatic N) is 3. The van der Waals surface area contributed by atoms with E-state index in [4.69, 9.17) is 9.47 Å². The van der Waals surface area contributed by atoms with E-state index in [2.05, 4.69) is 53.2 Å². The average Bonchev–Trinajstić information content (AvgIpc) is 3.76. The van der Waals surface area contributed by atoms with E-state index in [0.717, 1.165) is 18.8 Å². The fourth-order valence-corrected chi connectivity index (χ4v) is 9.34. The normalized spacial score (nSPS) is 26.0. The van der Waals surface area contributed by atoms with Gasteiger partial charge in [0.05, 0.1) is 36.6 Å². The lowest BCUT2D eigenvalue weighted by molar-refractivity contribution is -0.162. The second kappa shape index (κ2) is 17.4. The summed E-state index contributed by atoms with van der Waals surface area (Å²) < 4.78 is 13.0. The molecule has 12 heteroatoms. The van der Waals surface area contributed by atoms with Gasteiger partial charge in [-0.05, 0) is 69.9 Å². The first-order valence-corrected chi connectivity index (χ1v) is 19.6. The fourth-order valence-electron chi connectivity index (χ4n) is 8.39. The van der Waals surface area contributed by atoms with Crippen molar-refractivity contribution in [2.24, 2.45) is 11.8 Å². The molecule has 0 aromatic heterocycles. The van der Waals surface area contributed by atoms with Gasteiger partial charge >= 0.3 is 5.97 Å². The van der Waals surface area contributed by atoms with Crippen molar-refractivity contribution < 1.29 is 33.8 Å². The predicted octanol–water partition coefficient (Wildman–Crippen LogP) is 5.33. The molecule has 3 aliphatic rings. The van der Waals surface area contributed by atoms with Crippen molar-refractivity contribution in [3.63, 3.8) is 0 Å².